The molecule has 0 aliphatic rings. The molecule has 1 aromatic rings. The second kappa shape index (κ2) is 7.33. The second-order valence-electron chi connectivity index (χ2n) is 4.34. The van der Waals surface area contributed by atoms with Gasteiger partial charge in [0.25, 0.3) is 5.91 Å². The van der Waals surface area contributed by atoms with E-state index in [9.17, 15) is 9.59 Å². The molecule has 0 saturated carbocycles. The molecule has 6 heteroatoms. The Labute approximate surface area is 121 Å². The minimum Gasteiger partial charge on any atom is -0.480 e. The predicted octanol–water partition coefficient (Wildman–Crippen LogP) is 2.64. The van der Waals surface area contributed by atoms with Gasteiger partial charge in [0.15, 0.2) is 0 Å². The molecule has 106 valence electrons. The largest absolute Gasteiger partial charge is 0.480 e. The summed E-state index contributed by atoms with van der Waals surface area (Å²) in [5.41, 5.74) is 0.470. The highest BCUT2D eigenvalue weighted by molar-refractivity contribution is 9.10. The van der Waals surface area contributed by atoms with Crippen molar-refractivity contribution in [2.75, 3.05) is 0 Å². The highest BCUT2D eigenvalue weighted by Crippen LogP contribution is 2.15. The van der Waals surface area contributed by atoms with Crippen molar-refractivity contribution in [1.82, 2.24) is 9.88 Å². The van der Waals surface area contributed by atoms with Crippen LogP contribution >= 0.6 is 15.9 Å². The molecule has 0 bridgehead atoms. The Morgan fingerprint density at radius 3 is 2.68 bits per heavy atom. The number of hydrogen-bond acceptors (Lipinski definition) is 2. The van der Waals surface area contributed by atoms with E-state index in [1.165, 1.54) is 0 Å². The minimum absolute atomic E-state index is 0.351. The lowest BCUT2D eigenvalue weighted by atomic mass is 10.1. The van der Waals surface area contributed by atoms with Crippen LogP contribution in [0.25, 0.3) is 0 Å². The van der Waals surface area contributed by atoms with E-state index in [-0.39, 0.29) is 5.91 Å². The van der Waals surface area contributed by atoms with Gasteiger partial charge in [-0.1, -0.05) is 19.8 Å². The molecule has 0 radical (unpaired) electrons. The number of aliphatic carboxylic acids is 1. The number of carbonyl (C=O) groups excluding carboxylic acids is 1. The van der Waals surface area contributed by atoms with Gasteiger partial charge in [0, 0.05) is 17.2 Å². The molecule has 0 unspecified atom stereocenters. The Hall–Kier alpha value is -1.30. The molecule has 0 saturated heterocycles. The molecule has 1 heterocycles. The quantitative estimate of drug-likeness (QED) is 0.807. The zero-order chi connectivity index (χ0) is 14.4. The summed E-state index contributed by atoms with van der Waals surface area (Å²) in [6, 6.07) is 0.865. The van der Waals surface area contributed by atoms with Crippen molar-refractivity contribution < 1.29 is 14.7 Å². The number of aromatic nitrogens is 1. The first-order valence-electron chi connectivity index (χ1n) is 6.38. The van der Waals surface area contributed by atoms with Crippen molar-refractivity contribution in [3.8, 4) is 0 Å². The van der Waals surface area contributed by atoms with Gasteiger partial charge in [0.2, 0.25) is 0 Å². The van der Waals surface area contributed by atoms with Crippen molar-refractivity contribution in [3.05, 3.63) is 22.4 Å². The van der Waals surface area contributed by atoms with Gasteiger partial charge in [-0.15, -0.1) is 0 Å². The standard InChI is InChI=1S/C13H19BrN2O3/c1-3-5-6-10(13(18)19)15-12(17)11-7-9(14)8-16(11)4-2/h7-8,10H,3-6H2,1-2H3,(H,15,17)(H,18,19)/t10-/m0/s1. The van der Waals surface area contributed by atoms with E-state index in [4.69, 9.17) is 5.11 Å². The monoisotopic (exact) mass is 330 g/mol. The number of carboxylic acids is 1. The van der Waals surface area contributed by atoms with Gasteiger partial charge in [-0.25, -0.2) is 4.79 Å². The molecule has 19 heavy (non-hydrogen) atoms. The van der Waals surface area contributed by atoms with E-state index in [1.807, 2.05) is 13.8 Å². The Morgan fingerprint density at radius 2 is 2.16 bits per heavy atom. The van der Waals surface area contributed by atoms with Crippen molar-refractivity contribution in [1.29, 1.82) is 0 Å². The summed E-state index contributed by atoms with van der Waals surface area (Å²) in [4.78, 5) is 23.2. The molecule has 0 aliphatic heterocycles. The number of nitrogens with zero attached hydrogens (tertiary/aromatic N) is 1. The Balaban J connectivity index is 2.78. The molecule has 1 amide bonds. The van der Waals surface area contributed by atoms with Crippen LogP contribution in [0.3, 0.4) is 0 Å². The van der Waals surface area contributed by atoms with Gasteiger partial charge in [-0.05, 0) is 35.3 Å². The Kier molecular flexibility index (Phi) is 6.08. The first kappa shape index (κ1) is 15.8. The number of amides is 1. The van der Waals surface area contributed by atoms with Gasteiger partial charge >= 0.3 is 5.97 Å². The maximum Gasteiger partial charge on any atom is 0.326 e. The fraction of sp³-hybridized carbons (Fsp3) is 0.538. The molecule has 0 fully saturated rings. The summed E-state index contributed by atoms with van der Waals surface area (Å²) in [7, 11) is 0. The molecule has 0 spiro atoms. The van der Waals surface area contributed by atoms with Crippen LogP contribution in [0, 0.1) is 0 Å². The minimum atomic E-state index is -0.990. The van der Waals surface area contributed by atoms with Gasteiger partial charge in [0.1, 0.15) is 11.7 Å². The highest BCUT2D eigenvalue weighted by atomic mass is 79.9. The molecular formula is C13H19BrN2O3. The maximum absolute atomic E-state index is 12.1. The summed E-state index contributed by atoms with van der Waals surface area (Å²) in [6.45, 7) is 4.57. The number of nitrogens with one attached hydrogen (secondary N) is 1. The molecular weight excluding hydrogens is 312 g/mol. The van der Waals surface area contributed by atoms with Gasteiger partial charge in [-0.3, -0.25) is 4.79 Å². The summed E-state index contributed by atoms with van der Waals surface area (Å²) < 4.78 is 2.58. The van der Waals surface area contributed by atoms with E-state index in [0.29, 0.717) is 18.7 Å². The summed E-state index contributed by atoms with van der Waals surface area (Å²) in [6.07, 6.45) is 3.93. The van der Waals surface area contributed by atoms with E-state index in [1.54, 1.807) is 16.8 Å². The number of carboxylic acid groups (broad SMARTS) is 1. The van der Waals surface area contributed by atoms with Crippen LogP contribution in [0.4, 0.5) is 0 Å². The van der Waals surface area contributed by atoms with Crippen LogP contribution in [0.2, 0.25) is 0 Å². The SMILES string of the molecule is CCCC[C@H](NC(=O)c1cc(Br)cn1CC)C(=O)O. The zero-order valence-electron chi connectivity index (χ0n) is 11.1. The lowest BCUT2D eigenvalue weighted by Crippen LogP contribution is -2.41. The van der Waals surface area contributed by atoms with Crippen LogP contribution in [0.5, 0.6) is 0 Å². The van der Waals surface area contributed by atoms with Gasteiger partial charge in [-0.2, -0.15) is 0 Å². The molecule has 1 rings (SSSR count). The lowest BCUT2D eigenvalue weighted by molar-refractivity contribution is -0.139. The maximum atomic E-state index is 12.1. The number of unbranched alkanes of at least 4 members (excludes halogenated alkanes) is 1. The van der Waals surface area contributed by atoms with E-state index >= 15 is 0 Å². The number of halogens is 1. The average molecular weight is 331 g/mol. The molecule has 0 aliphatic carbocycles. The Morgan fingerprint density at radius 1 is 1.47 bits per heavy atom. The Bertz CT molecular complexity index is 457. The molecule has 1 atom stereocenters. The highest BCUT2D eigenvalue weighted by Gasteiger charge is 2.21. The van der Waals surface area contributed by atoms with Crippen LogP contribution in [0.1, 0.15) is 43.6 Å². The average Bonchev–Trinajstić information content (AvgIpc) is 2.75. The number of hydrogen-bond donors (Lipinski definition) is 2. The third kappa shape index (κ3) is 4.38. The summed E-state index contributed by atoms with van der Waals surface area (Å²) >= 11 is 3.31. The second-order valence-corrected chi connectivity index (χ2v) is 5.25. The number of rotatable bonds is 7. The third-order valence-electron chi connectivity index (χ3n) is 2.89. The molecule has 5 nitrogen and oxygen atoms in total. The van der Waals surface area contributed by atoms with Gasteiger partial charge < -0.3 is 15.0 Å². The zero-order valence-corrected chi connectivity index (χ0v) is 12.7. The smallest absolute Gasteiger partial charge is 0.326 e. The van der Waals surface area contributed by atoms with Crippen LogP contribution < -0.4 is 5.32 Å². The molecule has 0 aromatic carbocycles. The summed E-state index contributed by atoms with van der Waals surface area (Å²) in [5.74, 6) is -1.34. The number of aryl methyl sites for hydroxylation is 1. The molecule has 2 N–H and O–H groups in total. The van der Waals surface area contributed by atoms with Crippen LogP contribution in [0.15, 0.2) is 16.7 Å². The predicted molar refractivity (Wildman–Crippen MR) is 76.2 cm³/mol. The van der Waals surface area contributed by atoms with E-state index in [2.05, 4.69) is 21.2 Å². The number of carbonyl (C=O) groups is 2. The van der Waals surface area contributed by atoms with E-state index < -0.39 is 12.0 Å². The van der Waals surface area contributed by atoms with Crippen molar-refractivity contribution in [2.45, 2.75) is 45.7 Å². The third-order valence-corrected chi connectivity index (χ3v) is 3.32. The topological polar surface area (TPSA) is 71.3 Å². The first-order valence-corrected chi connectivity index (χ1v) is 7.18. The van der Waals surface area contributed by atoms with Crippen LogP contribution in [-0.4, -0.2) is 27.6 Å². The van der Waals surface area contributed by atoms with Crippen molar-refractivity contribution in [3.63, 3.8) is 0 Å². The van der Waals surface area contributed by atoms with Crippen LogP contribution in [-0.2, 0) is 11.3 Å². The van der Waals surface area contributed by atoms with Gasteiger partial charge in [0.05, 0.1) is 0 Å². The summed E-state index contributed by atoms with van der Waals surface area (Å²) in [5, 5.41) is 11.7. The normalized spacial score (nSPS) is 12.2. The van der Waals surface area contributed by atoms with Crippen molar-refractivity contribution >= 4 is 27.8 Å². The van der Waals surface area contributed by atoms with E-state index in [0.717, 1.165) is 17.3 Å². The fourth-order valence-electron chi connectivity index (χ4n) is 1.82. The first-order chi connectivity index (χ1) is 8.99. The fourth-order valence-corrected chi connectivity index (χ4v) is 2.29. The van der Waals surface area contributed by atoms with Crippen molar-refractivity contribution in [2.24, 2.45) is 0 Å². The molecule has 1 aromatic heterocycles. The lowest BCUT2D eigenvalue weighted by Gasteiger charge is -2.14.